The summed E-state index contributed by atoms with van der Waals surface area (Å²) in [5.74, 6) is 0.907. The van der Waals surface area contributed by atoms with E-state index in [9.17, 15) is 0 Å². The number of nitrogens with zero attached hydrogens (tertiary/aromatic N) is 1. The van der Waals surface area contributed by atoms with Gasteiger partial charge in [0.25, 0.3) is 0 Å². The van der Waals surface area contributed by atoms with Gasteiger partial charge in [-0.2, -0.15) is 0 Å². The molecule has 0 atom stereocenters. The second kappa shape index (κ2) is 7.54. The monoisotopic (exact) mass is 418 g/mol. The number of halogens is 2. The molecule has 6 heteroatoms. The topological polar surface area (TPSA) is 34.1 Å². The molecule has 0 bridgehead atoms. The van der Waals surface area contributed by atoms with Crippen molar-refractivity contribution >= 4 is 43.2 Å². The number of nitrogens with one attached hydrogen (secondary N) is 1. The summed E-state index contributed by atoms with van der Waals surface area (Å²) >= 11 is 8.75. The molecule has 2 rings (SSSR count). The summed E-state index contributed by atoms with van der Waals surface area (Å²) in [6, 6.07) is 4.09. The summed E-state index contributed by atoms with van der Waals surface area (Å²) in [5.41, 5.74) is 4.12. The third-order valence-electron chi connectivity index (χ3n) is 2.82. The van der Waals surface area contributed by atoms with Gasteiger partial charge in [-0.25, -0.2) is 4.98 Å². The van der Waals surface area contributed by atoms with Crippen molar-refractivity contribution in [1.29, 1.82) is 0 Å². The van der Waals surface area contributed by atoms with Crippen LogP contribution in [0.25, 0.3) is 0 Å². The van der Waals surface area contributed by atoms with E-state index in [0.29, 0.717) is 6.61 Å². The largest absolute Gasteiger partial charge is 0.492 e. The van der Waals surface area contributed by atoms with Crippen molar-refractivity contribution in [1.82, 2.24) is 10.3 Å². The lowest BCUT2D eigenvalue weighted by atomic mass is 10.2. The number of aromatic nitrogens is 1. The third-order valence-corrected chi connectivity index (χ3v) is 4.80. The van der Waals surface area contributed by atoms with Crippen LogP contribution in [0.5, 0.6) is 5.75 Å². The summed E-state index contributed by atoms with van der Waals surface area (Å²) in [5, 5.41) is 3.45. The molecule has 108 valence electrons. The lowest BCUT2D eigenvalue weighted by Crippen LogP contribution is -2.14. The van der Waals surface area contributed by atoms with Crippen LogP contribution < -0.4 is 10.1 Å². The molecule has 0 aliphatic carbocycles. The van der Waals surface area contributed by atoms with Gasteiger partial charge in [-0.1, -0.05) is 15.9 Å². The van der Waals surface area contributed by atoms with E-state index < -0.39 is 0 Å². The number of ether oxygens (including phenoxy) is 1. The average molecular weight is 420 g/mol. The first-order chi connectivity index (χ1) is 9.61. The van der Waals surface area contributed by atoms with Crippen LogP contribution in [0, 0.1) is 6.92 Å². The highest BCUT2D eigenvalue weighted by Gasteiger charge is 2.10. The van der Waals surface area contributed by atoms with Crippen LogP contribution in [0.2, 0.25) is 0 Å². The molecule has 0 unspecified atom stereocenters. The van der Waals surface area contributed by atoms with Crippen LogP contribution >= 0.6 is 43.2 Å². The van der Waals surface area contributed by atoms with Crippen molar-refractivity contribution in [3.8, 4) is 5.75 Å². The third kappa shape index (κ3) is 4.04. The Bertz CT molecular complexity index is 587. The van der Waals surface area contributed by atoms with Gasteiger partial charge in [0.05, 0.1) is 22.3 Å². The zero-order valence-electron chi connectivity index (χ0n) is 11.4. The maximum Gasteiger partial charge on any atom is 0.138 e. The van der Waals surface area contributed by atoms with Gasteiger partial charge in [0.15, 0.2) is 0 Å². The fourth-order valence-electron chi connectivity index (χ4n) is 1.86. The molecule has 20 heavy (non-hydrogen) atoms. The van der Waals surface area contributed by atoms with Crippen molar-refractivity contribution in [2.75, 3.05) is 6.61 Å². The Balaban J connectivity index is 2.06. The van der Waals surface area contributed by atoms with Crippen LogP contribution in [0.4, 0.5) is 0 Å². The van der Waals surface area contributed by atoms with Crippen molar-refractivity contribution in [3.05, 3.63) is 42.7 Å². The Morgan fingerprint density at radius 2 is 2.10 bits per heavy atom. The molecule has 0 aliphatic heterocycles. The highest BCUT2D eigenvalue weighted by Crippen LogP contribution is 2.33. The van der Waals surface area contributed by atoms with Crippen molar-refractivity contribution in [3.63, 3.8) is 0 Å². The SMILES string of the molecule is CCOc1c(Br)cc(Br)cc1CNCc1scnc1C. The van der Waals surface area contributed by atoms with Gasteiger partial charge in [-0.05, 0) is 41.9 Å². The van der Waals surface area contributed by atoms with Gasteiger partial charge in [0, 0.05) is 28.0 Å². The van der Waals surface area contributed by atoms with E-state index in [1.807, 2.05) is 25.4 Å². The number of hydrogen-bond donors (Lipinski definition) is 1. The number of benzene rings is 1. The number of rotatable bonds is 6. The molecule has 2 aromatic rings. The lowest BCUT2D eigenvalue weighted by Gasteiger charge is -2.13. The van der Waals surface area contributed by atoms with E-state index >= 15 is 0 Å². The second-order valence-corrected chi connectivity index (χ2v) is 6.98. The quantitative estimate of drug-likeness (QED) is 0.738. The summed E-state index contributed by atoms with van der Waals surface area (Å²) in [6.07, 6.45) is 0. The first kappa shape index (κ1) is 15.9. The first-order valence-electron chi connectivity index (χ1n) is 6.32. The summed E-state index contributed by atoms with van der Waals surface area (Å²) in [7, 11) is 0. The summed E-state index contributed by atoms with van der Waals surface area (Å²) < 4.78 is 7.73. The van der Waals surface area contributed by atoms with E-state index in [2.05, 4.69) is 48.2 Å². The molecular formula is C14H16Br2N2OS. The molecule has 0 radical (unpaired) electrons. The Morgan fingerprint density at radius 1 is 1.30 bits per heavy atom. The maximum atomic E-state index is 5.72. The molecule has 0 aliphatic rings. The molecule has 0 saturated carbocycles. The summed E-state index contributed by atoms with van der Waals surface area (Å²) in [4.78, 5) is 5.53. The number of hydrogen-bond acceptors (Lipinski definition) is 4. The van der Waals surface area contributed by atoms with Crippen LogP contribution in [-0.2, 0) is 13.1 Å². The van der Waals surface area contributed by atoms with Gasteiger partial charge in [0.2, 0.25) is 0 Å². The Labute approximate surface area is 140 Å². The van der Waals surface area contributed by atoms with Gasteiger partial charge in [-0.3, -0.25) is 0 Å². The number of aryl methyl sites for hydroxylation is 1. The predicted octanol–water partition coefficient (Wildman–Crippen LogP) is 4.67. The molecule has 1 aromatic carbocycles. The second-order valence-electron chi connectivity index (χ2n) is 4.27. The molecule has 0 fully saturated rings. The van der Waals surface area contributed by atoms with Crippen LogP contribution in [0.15, 0.2) is 26.6 Å². The first-order valence-corrected chi connectivity index (χ1v) is 8.78. The fourth-order valence-corrected chi connectivity index (χ4v) is 4.03. The van der Waals surface area contributed by atoms with Crippen LogP contribution in [0.1, 0.15) is 23.1 Å². The maximum absolute atomic E-state index is 5.72. The minimum atomic E-state index is 0.654. The van der Waals surface area contributed by atoms with E-state index in [4.69, 9.17) is 4.74 Å². The van der Waals surface area contributed by atoms with Crippen molar-refractivity contribution in [2.45, 2.75) is 26.9 Å². The minimum absolute atomic E-state index is 0.654. The van der Waals surface area contributed by atoms with Gasteiger partial charge in [-0.15, -0.1) is 11.3 Å². The molecule has 1 N–H and O–H groups in total. The molecule has 1 heterocycles. The smallest absolute Gasteiger partial charge is 0.138 e. The highest BCUT2D eigenvalue weighted by molar-refractivity contribution is 9.11. The molecule has 0 spiro atoms. The van der Waals surface area contributed by atoms with Crippen LogP contribution in [0.3, 0.4) is 0 Å². The van der Waals surface area contributed by atoms with Gasteiger partial charge >= 0.3 is 0 Å². The van der Waals surface area contributed by atoms with E-state index in [0.717, 1.165) is 39.0 Å². The predicted molar refractivity (Wildman–Crippen MR) is 90.4 cm³/mol. The molecular weight excluding hydrogens is 404 g/mol. The van der Waals surface area contributed by atoms with Crippen molar-refractivity contribution in [2.24, 2.45) is 0 Å². The van der Waals surface area contributed by atoms with Crippen LogP contribution in [-0.4, -0.2) is 11.6 Å². The molecule has 3 nitrogen and oxygen atoms in total. The van der Waals surface area contributed by atoms with Crippen molar-refractivity contribution < 1.29 is 4.74 Å². The minimum Gasteiger partial charge on any atom is -0.492 e. The zero-order chi connectivity index (χ0) is 14.5. The van der Waals surface area contributed by atoms with Gasteiger partial charge < -0.3 is 10.1 Å². The van der Waals surface area contributed by atoms with E-state index in [1.165, 1.54) is 4.88 Å². The molecule has 0 amide bonds. The fraction of sp³-hybridized carbons (Fsp3) is 0.357. The van der Waals surface area contributed by atoms with Gasteiger partial charge in [0.1, 0.15) is 5.75 Å². The molecule has 0 saturated heterocycles. The average Bonchev–Trinajstić information content (AvgIpc) is 2.79. The number of thiazole rings is 1. The van der Waals surface area contributed by atoms with E-state index in [-0.39, 0.29) is 0 Å². The Kier molecular flexibility index (Phi) is 6.01. The Hall–Kier alpha value is -0.430. The summed E-state index contributed by atoms with van der Waals surface area (Å²) in [6.45, 7) is 6.26. The highest BCUT2D eigenvalue weighted by atomic mass is 79.9. The Morgan fingerprint density at radius 3 is 2.75 bits per heavy atom. The standard InChI is InChI=1S/C14H16Br2N2OS/c1-3-19-14-10(4-11(15)5-12(14)16)6-17-7-13-9(2)18-8-20-13/h4-5,8,17H,3,6-7H2,1-2H3. The molecule has 1 aromatic heterocycles. The van der Waals surface area contributed by atoms with E-state index in [1.54, 1.807) is 11.3 Å². The zero-order valence-corrected chi connectivity index (χ0v) is 15.4. The lowest BCUT2D eigenvalue weighted by molar-refractivity contribution is 0.333. The normalized spacial score (nSPS) is 10.8.